The van der Waals surface area contributed by atoms with E-state index in [0.29, 0.717) is 19.3 Å². The quantitative estimate of drug-likeness (QED) is 0.0391. The highest BCUT2D eigenvalue weighted by Crippen LogP contribution is 2.15. The fraction of sp³-hybridized carbons (Fsp3) is 0.767. The highest BCUT2D eigenvalue weighted by molar-refractivity contribution is 5.70. The molecule has 0 amide bonds. The first-order chi connectivity index (χ1) is 23.9. The number of carbonyl (C=O) groups is 2. The molecule has 0 spiro atoms. The van der Waals surface area contributed by atoms with Crippen molar-refractivity contribution < 1.29 is 29.3 Å². The Morgan fingerprint density at radius 3 is 1.57 bits per heavy atom. The van der Waals surface area contributed by atoms with E-state index < -0.39 is 6.10 Å². The number of aliphatic hydroxyl groups is 2. The van der Waals surface area contributed by atoms with Gasteiger partial charge >= 0.3 is 11.9 Å². The first-order valence-corrected chi connectivity index (χ1v) is 20.1. The second kappa shape index (κ2) is 37.1. The Bertz CT molecular complexity index is 858. The van der Waals surface area contributed by atoms with E-state index in [-0.39, 0.29) is 31.3 Å². The lowest BCUT2D eigenvalue weighted by molar-refractivity contribution is -0.161. The molecule has 6 heteroatoms. The average molecular weight is 689 g/mol. The number of allylic oxidation sites excluding steroid dienone is 7. The summed E-state index contributed by atoms with van der Waals surface area (Å²) in [6, 6.07) is 0. The molecule has 0 heterocycles. The maximum absolute atomic E-state index is 12.2. The van der Waals surface area contributed by atoms with Crippen LogP contribution in [0.4, 0.5) is 0 Å². The van der Waals surface area contributed by atoms with Crippen LogP contribution < -0.4 is 0 Å². The fourth-order valence-corrected chi connectivity index (χ4v) is 5.57. The van der Waals surface area contributed by atoms with E-state index in [2.05, 4.69) is 69.4 Å². The standard InChI is InChI=1S/C43H76O6/c1-4-32-40(45)34-29-25-21-17-13-9-7-11-14-18-22-26-30-35-42(46)48-38-41(37-44)49-43(47)36-31-27-23-19-15-10-6-5-8-12-16-20-24-28-33-39(2)3/h7,11,13,17-18,22,25,29,39-41,44-45H,4-6,8-10,12,14-16,19-21,23-24,26-28,30-38H2,1-3H3/b11-7-,17-13-,22-18-,29-25-/t40?,41-/m0/s1. The molecule has 0 aliphatic heterocycles. The van der Waals surface area contributed by atoms with Gasteiger partial charge in [-0.05, 0) is 57.3 Å². The maximum atomic E-state index is 12.2. The lowest BCUT2D eigenvalue weighted by Crippen LogP contribution is -2.28. The summed E-state index contributed by atoms with van der Waals surface area (Å²) >= 11 is 0. The van der Waals surface area contributed by atoms with Crippen molar-refractivity contribution in [2.45, 2.75) is 193 Å². The number of unbranched alkanes of at least 4 members (excludes halogenated alkanes) is 14. The van der Waals surface area contributed by atoms with E-state index in [1.807, 2.05) is 0 Å². The third-order valence-corrected chi connectivity index (χ3v) is 8.61. The van der Waals surface area contributed by atoms with Gasteiger partial charge in [-0.15, -0.1) is 0 Å². The van der Waals surface area contributed by atoms with E-state index in [9.17, 15) is 19.8 Å². The van der Waals surface area contributed by atoms with Crippen LogP contribution in [0.3, 0.4) is 0 Å². The molecule has 2 N–H and O–H groups in total. The van der Waals surface area contributed by atoms with E-state index >= 15 is 0 Å². The Morgan fingerprint density at radius 2 is 1.06 bits per heavy atom. The minimum Gasteiger partial charge on any atom is -0.462 e. The number of carbonyl (C=O) groups excluding carboxylic acids is 2. The Kier molecular flexibility index (Phi) is 35.4. The van der Waals surface area contributed by atoms with Crippen LogP contribution in [0, 0.1) is 5.92 Å². The summed E-state index contributed by atoms with van der Waals surface area (Å²) in [5.41, 5.74) is 0. The maximum Gasteiger partial charge on any atom is 0.306 e. The number of aliphatic hydroxyl groups excluding tert-OH is 2. The third kappa shape index (κ3) is 36.9. The molecular weight excluding hydrogens is 612 g/mol. The Hall–Kier alpha value is -2.18. The molecule has 0 fully saturated rings. The zero-order chi connectivity index (χ0) is 36.0. The molecule has 0 saturated carbocycles. The molecule has 0 aliphatic rings. The number of rotatable bonds is 35. The third-order valence-electron chi connectivity index (χ3n) is 8.61. The van der Waals surface area contributed by atoms with E-state index in [4.69, 9.17) is 9.47 Å². The van der Waals surface area contributed by atoms with E-state index in [1.165, 1.54) is 77.0 Å². The summed E-state index contributed by atoms with van der Waals surface area (Å²) in [6.07, 6.45) is 42.4. The highest BCUT2D eigenvalue weighted by atomic mass is 16.6. The second-order valence-electron chi connectivity index (χ2n) is 14.0. The van der Waals surface area contributed by atoms with Gasteiger partial charge in [-0.3, -0.25) is 9.59 Å². The van der Waals surface area contributed by atoms with Gasteiger partial charge in [0.1, 0.15) is 6.61 Å². The molecule has 6 nitrogen and oxygen atoms in total. The van der Waals surface area contributed by atoms with E-state index in [0.717, 1.165) is 70.1 Å². The summed E-state index contributed by atoms with van der Waals surface area (Å²) < 4.78 is 10.6. The topological polar surface area (TPSA) is 93.1 Å². The predicted molar refractivity (Wildman–Crippen MR) is 206 cm³/mol. The van der Waals surface area contributed by atoms with Crippen molar-refractivity contribution in [3.63, 3.8) is 0 Å². The number of hydrogen-bond acceptors (Lipinski definition) is 6. The molecule has 1 unspecified atom stereocenters. The van der Waals surface area contributed by atoms with Gasteiger partial charge in [-0.2, -0.15) is 0 Å². The summed E-state index contributed by atoms with van der Waals surface area (Å²) in [4.78, 5) is 24.2. The van der Waals surface area contributed by atoms with Crippen molar-refractivity contribution in [1.29, 1.82) is 0 Å². The molecule has 2 atom stereocenters. The molecular formula is C43H76O6. The molecule has 0 radical (unpaired) electrons. The average Bonchev–Trinajstić information content (AvgIpc) is 3.08. The minimum absolute atomic E-state index is 0.104. The largest absolute Gasteiger partial charge is 0.462 e. The molecule has 0 bridgehead atoms. The summed E-state index contributed by atoms with van der Waals surface area (Å²) in [6.45, 7) is 6.24. The van der Waals surface area contributed by atoms with Gasteiger partial charge in [-0.25, -0.2) is 0 Å². The fourth-order valence-electron chi connectivity index (χ4n) is 5.57. The summed E-state index contributed by atoms with van der Waals surface area (Å²) in [5, 5.41) is 19.2. The van der Waals surface area contributed by atoms with Gasteiger partial charge in [0.2, 0.25) is 0 Å². The van der Waals surface area contributed by atoms with Crippen LogP contribution in [-0.2, 0) is 19.1 Å². The lowest BCUT2D eigenvalue weighted by Gasteiger charge is -2.15. The molecule has 284 valence electrons. The molecule has 0 aromatic heterocycles. The SMILES string of the molecule is CCCC(O)C/C=C\C/C=C\C/C=C\C/C=C\CCCC(=O)OC[C@H](CO)OC(=O)CCCCCCCCCCCCCCCCC(C)C. The van der Waals surface area contributed by atoms with Crippen LogP contribution in [0.1, 0.15) is 181 Å². The van der Waals surface area contributed by atoms with Crippen molar-refractivity contribution in [2.24, 2.45) is 5.92 Å². The van der Waals surface area contributed by atoms with Gasteiger partial charge in [-0.1, -0.05) is 166 Å². The molecule has 0 aromatic carbocycles. The van der Waals surface area contributed by atoms with Crippen LogP contribution in [0.5, 0.6) is 0 Å². The smallest absolute Gasteiger partial charge is 0.306 e. The van der Waals surface area contributed by atoms with Crippen LogP contribution in [0.25, 0.3) is 0 Å². The van der Waals surface area contributed by atoms with Gasteiger partial charge in [0, 0.05) is 12.8 Å². The molecule has 0 rings (SSSR count). The van der Waals surface area contributed by atoms with Gasteiger partial charge in [0.15, 0.2) is 6.10 Å². The first kappa shape index (κ1) is 46.8. The Labute approximate surface area is 301 Å². The van der Waals surface area contributed by atoms with Gasteiger partial charge in [0.25, 0.3) is 0 Å². The van der Waals surface area contributed by atoms with E-state index in [1.54, 1.807) is 0 Å². The summed E-state index contributed by atoms with van der Waals surface area (Å²) in [7, 11) is 0. The zero-order valence-corrected chi connectivity index (χ0v) is 32.0. The Morgan fingerprint density at radius 1 is 0.592 bits per heavy atom. The minimum atomic E-state index is -0.802. The van der Waals surface area contributed by atoms with Crippen molar-refractivity contribution in [3.8, 4) is 0 Å². The first-order valence-electron chi connectivity index (χ1n) is 20.1. The van der Waals surface area contributed by atoms with Crippen LogP contribution in [0.2, 0.25) is 0 Å². The summed E-state index contributed by atoms with van der Waals surface area (Å²) in [5.74, 6) is 0.169. The number of ether oxygens (including phenoxy) is 2. The normalized spacial score (nSPS) is 13.4. The van der Waals surface area contributed by atoms with Crippen molar-refractivity contribution >= 4 is 11.9 Å². The molecule has 49 heavy (non-hydrogen) atoms. The van der Waals surface area contributed by atoms with Crippen molar-refractivity contribution in [3.05, 3.63) is 48.6 Å². The highest BCUT2D eigenvalue weighted by Gasteiger charge is 2.16. The van der Waals surface area contributed by atoms with Gasteiger partial charge < -0.3 is 19.7 Å². The van der Waals surface area contributed by atoms with Crippen LogP contribution in [0.15, 0.2) is 48.6 Å². The predicted octanol–water partition coefficient (Wildman–Crippen LogP) is 11.4. The van der Waals surface area contributed by atoms with Gasteiger partial charge in [0.05, 0.1) is 12.7 Å². The number of hydrogen-bond donors (Lipinski definition) is 2. The molecule has 0 saturated heterocycles. The second-order valence-corrected chi connectivity index (χ2v) is 14.0. The molecule has 0 aromatic rings. The lowest BCUT2D eigenvalue weighted by atomic mass is 10.0. The van der Waals surface area contributed by atoms with Crippen LogP contribution in [-0.4, -0.2) is 47.6 Å². The van der Waals surface area contributed by atoms with Crippen LogP contribution >= 0.6 is 0 Å². The zero-order valence-electron chi connectivity index (χ0n) is 32.0. The monoisotopic (exact) mass is 689 g/mol. The van der Waals surface area contributed by atoms with Crippen molar-refractivity contribution in [2.75, 3.05) is 13.2 Å². The molecule has 0 aliphatic carbocycles. The number of esters is 2. The van der Waals surface area contributed by atoms with Crippen molar-refractivity contribution in [1.82, 2.24) is 0 Å². The Balaban J connectivity index is 3.66.